The van der Waals surface area contributed by atoms with Crippen molar-refractivity contribution in [1.29, 1.82) is 0 Å². The smallest absolute Gasteiger partial charge is 0.326 e. The number of nitrogens with zero attached hydrogens (tertiary/aromatic N) is 1. The number of likely N-dealkylation sites (tertiary alicyclic amines) is 1. The molecular formula is C23H43N5O5. The molecule has 10 nitrogen and oxygen atoms in total. The van der Waals surface area contributed by atoms with E-state index in [0.29, 0.717) is 51.6 Å². The number of carboxylic acid groups (broad SMARTS) is 1. The summed E-state index contributed by atoms with van der Waals surface area (Å²) in [5.74, 6) is -2.29. The van der Waals surface area contributed by atoms with E-state index in [0.717, 1.165) is 0 Å². The third-order valence-corrected chi connectivity index (χ3v) is 6.24. The van der Waals surface area contributed by atoms with Crippen molar-refractivity contribution in [3.05, 3.63) is 0 Å². The van der Waals surface area contributed by atoms with Gasteiger partial charge in [0.2, 0.25) is 17.7 Å². The minimum Gasteiger partial charge on any atom is -0.480 e. The van der Waals surface area contributed by atoms with Crippen molar-refractivity contribution in [2.45, 2.75) is 96.8 Å². The number of nitrogens with two attached hydrogens (primary N) is 2. The topological polar surface area (TPSA) is 168 Å². The fourth-order valence-corrected chi connectivity index (χ4v) is 4.09. The van der Waals surface area contributed by atoms with Crippen LogP contribution in [0.2, 0.25) is 0 Å². The molecule has 1 aliphatic heterocycles. The highest BCUT2D eigenvalue weighted by Gasteiger charge is 2.38. The third kappa shape index (κ3) is 8.92. The first-order valence-corrected chi connectivity index (χ1v) is 12.1. The van der Waals surface area contributed by atoms with Crippen LogP contribution in [-0.2, 0) is 19.2 Å². The fourth-order valence-electron chi connectivity index (χ4n) is 4.09. The Bertz CT molecular complexity index is 672. The maximum Gasteiger partial charge on any atom is 0.326 e. The summed E-state index contributed by atoms with van der Waals surface area (Å²) in [6, 6.07) is -3.31. The van der Waals surface area contributed by atoms with Crippen LogP contribution in [0.3, 0.4) is 0 Å². The van der Waals surface area contributed by atoms with Gasteiger partial charge in [0.05, 0.1) is 6.04 Å². The van der Waals surface area contributed by atoms with Crippen LogP contribution in [0.1, 0.15) is 72.6 Å². The van der Waals surface area contributed by atoms with Crippen molar-refractivity contribution in [2.24, 2.45) is 23.3 Å². The van der Waals surface area contributed by atoms with Crippen LogP contribution in [0.4, 0.5) is 0 Å². The zero-order valence-corrected chi connectivity index (χ0v) is 20.5. The van der Waals surface area contributed by atoms with Gasteiger partial charge in [-0.15, -0.1) is 0 Å². The summed E-state index contributed by atoms with van der Waals surface area (Å²) in [6.45, 7) is 8.58. The van der Waals surface area contributed by atoms with Gasteiger partial charge in [-0.25, -0.2) is 4.79 Å². The van der Waals surface area contributed by atoms with Crippen molar-refractivity contribution in [3.8, 4) is 0 Å². The third-order valence-electron chi connectivity index (χ3n) is 6.24. The van der Waals surface area contributed by atoms with Crippen LogP contribution in [-0.4, -0.2) is 71.0 Å². The molecule has 0 saturated carbocycles. The molecule has 1 saturated heterocycles. The molecule has 0 spiro atoms. The Balaban J connectivity index is 2.90. The second-order valence-electron chi connectivity index (χ2n) is 9.48. The zero-order valence-electron chi connectivity index (χ0n) is 20.5. The molecule has 5 unspecified atom stereocenters. The maximum atomic E-state index is 13.1. The average molecular weight is 470 g/mol. The predicted octanol–water partition coefficient (Wildman–Crippen LogP) is 0.580. The van der Waals surface area contributed by atoms with Crippen molar-refractivity contribution >= 4 is 23.7 Å². The van der Waals surface area contributed by atoms with Crippen LogP contribution < -0.4 is 22.1 Å². The molecule has 10 heteroatoms. The second-order valence-corrected chi connectivity index (χ2v) is 9.48. The molecule has 0 aliphatic carbocycles. The van der Waals surface area contributed by atoms with E-state index in [9.17, 15) is 24.3 Å². The van der Waals surface area contributed by atoms with Crippen molar-refractivity contribution in [1.82, 2.24) is 15.5 Å². The molecule has 33 heavy (non-hydrogen) atoms. The van der Waals surface area contributed by atoms with Crippen LogP contribution in [0.5, 0.6) is 0 Å². The Kier molecular flexibility index (Phi) is 12.4. The number of carbonyl (C=O) groups excluding carboxylic acids is 3. The molecular weight excluding hydrogens is 426 g/mol. The van der Waals surface area contributed by atoms with Gasteiger partial charge in [0.1, 0.15) is 18.1 Å². The van der Waals surface area contributed by atoms with Crippen LogP contribution in [0.15, 0.2) is 0 Å². The Hall–Kier alpha value is -2.20. The quantitative estimate of drug-likeness (QED) is 0.232. The van der Waals surface area contributed by atoms with Crippen molar-refractivity contribution < 1.29 is 24.3 Å². The lowest BCUT2D eigenvalue weighted by Gasteiger charge is -2.30. The van der Waals surface area contributed by atoms with Gasteiger partial charge < -0.3 is 32.1 Å². The summed E-state index contributed by atoms with van der Waals surface area (Å²) in [4.78, 5) is 52.0. The minimum atomic E-state index is -1.12. The number of hydrogen-bond acceptors (Lipinski definition) is 6. The number of carboxylic acids is 1. The highest BCUT2D eigenvalue weighted by Crippen LogP contribution is 2.21. The maximum absolute atomic E-state index is 13.1. The van der Waals surface area contributed by atoms with Gasteiger partial charge >= 0.3 is 5.97 Å². The lowest BCUT2D eigenvalue weighted by atomic mass is 9.97. The molecule has 190 valence electrons. The number of hydrogen-bond donors (Lipinski definition) is 5. The molecule has 5 atom stereocenters. The predicted molar refractivity (Wildman–Crippen MR) is 126 cm³/mol. The van der Waals surface area contributed by atoms with Crippen molar-refractivity contribution in [3.63, 3.8) is 0 Å². The summed E-state index contributed by atoms with van der Waals surface area (Å²) in [6.07, 6.45) is 3.81. The van der Waals surface area contributed by atoms with E-state index >= 15 is 0 Å². The average Bonchev–Trinajstić information content (AvgIpc) is 3.24. The monoisotopic (exact) mass is 469 g/mol. The number of aliphatic carboxylic acids is 1. The molecule has 0 bridgehead atoms. The standard InChI is InChI=1S/C23H43N5O5/c1-5-15(4)19(21(30)26-17(23(32)33)9-6-7-11-24)27-20(29)18-10-8-12-28(18)22(31)16(25)13-14(2)3/h14-19H,5-13,24-25H2,1-4H3,(H,26,30)(H,27,29)(H,32,33). The highest BCUT2D eigenvalue weighted by atomic mass is 16.4. The molecule has 1 rings (SSSR count). The van der Waals surface area contributed by atoms with Crippen LogP contribution in [0.25, 0.3) is 0 Å². The SMILES string of the molecule is CCC(C)C(NC(=O)C1CCCN1C(=O)C(N)CC(C)C)C(=O)NC(CCCCN)C(=O)O. The van der Waals surface area contributed by atoms with Crippen LogP contribution in [0, 0.1) is 11.8 Å². The van der Waals surface area contributed by atoms with Crippen molar-refractivity contribution in [2.75, 3.05) is 13.1 Å². The number of nitrogens with one attached hydrogen (secondary N) is 2. The summed E-state index contributed by atoms with van der Waals surface area (Å²) >= 11 is 0. The summed E-state index contributed by atoms with van der Waals surface area (Å²) < 4.78 is 0. The summed E-state index contributed by atoms with van der Waals surface area (Å²) in [7, 11) is 0. The first kappa shape index (κ1) is 28.8. The van der Waals surface area contributed by atoms with E-state index in [1.165, 1.54) is 4.90 Å². The second kappa shape index (κ2) is 14.1. The first-order valence-electron chi connectivity index (χ1n) is 12.1. The molecule has 0 aromatic carbocycles. The Morgan fingerprint density at radius 3 is 2.33 bits per heavy atom. The Labute approximate surface area is 197 Å². The van der Waals surface area contributed by atoms with E-state index < -0.39 is 42.0 Å². The molecule has 7 N–H and O–H groups in total. The number of unbranched alkanes of at least 4 members (excludes halogenated alkanes) is 1. The number of amides is 3. The van der Waals surface area contributed by atoms with Gasteiger partial charge in [-0.3, -0.25) is 14.4 Å². The van der Waals surface area contributed by atoms with Gasteiger partial charge in [0.15, 0.2) is 0 Å². The molecule has 0 radical (unpaired) electrons. The van der Waals surface area contributed by atoms with Gasteiger partial charge in [-0.1, -0.05) is 34.1 Å². The van der Waals surface area contributed by atoms with Gasteiger partial charge in [-0.2, -0.15) is 0 Å². The molecule has 1 heterocycles. The van der Waals surface area contributed by atoms with E-state index in [2.05, 4.69) is 10.6 Å². The molecule has 0 aromatic rings. The van der Waals surface area contributed by atoms with E-state index in [1.54, 1.807) is 0 Å². The number of carbonyl (C=O) groups is 4. The number of rotatable bonds is 14. The lowest BCUT2D eigenvalue weighted by Crippen LogP contribution is -2.58. The van der Waals surface area contributed by atoms with E-state index in [-0.39, 0.29) is 24.2 Å². The van der Waals surface area contributed by atoms with Gasteiger partial charge in [0.25, 0.3) is 0 Å². The zero-order chi connectivity index (χ0) is 25.1. The molecule has 1 fully saturated rings. The lowest BCUT2D eigenvalue weighted by molar-refractivity contribution is -0.143. The van der Waals surface area contributed by atoms with Crippen LogP contribution >= 0.6 is 0 Å². The summed E-state index contributed by atoms with van der Waals surface area (Å²) in [5.41, 5.74) is 11.5. The highest BCUT2D eigenvalue weighted by molar-refractivity contribution is 5.94. The Morgan fingerprint density at radius 2 is 1.79 bits per heavy atom. The van der Waals surface area contributed by atoms with Gasteiger partial charge in [-0.05, 0) is 56.9 Å². The van der Waals surface area contributed by atoms with E-state index in [4.69, 9.17) is 11.5 Å². The minimum absolute atomic E-state index is 0.221. The molecule has 0 aromatic heterocycles. The molecule has 1 aliphatic rings. The fraction of sp³-hybridized carbons (Fsp3) is 0.826. The Morgan fingerprint density at radius 1 is 1.12 bits per heavy atom. The normalized spacial score (nSPS) is 19.6. The van der Waals surface area contributed by atoms with Gasteiger partial charge in [0, 0.05) is 6.54 Å². The van der Waals surface area contributed by atoms with E-state index in [1.807, 2.05) is 27.7 Å². The largest absolute Gasteiger partial charge is 0.480 e. The first-order chi connectivity index (χ1) is 15.5. The molecule has 3 amide bonds. The summed E-state index contributed by atoms with van der Waals surface area (Å²) in [5, 5.41) is 14.8.